The van der Waals surface area contributed by atoms with Gasteiger partial charge in [-0.1, -0.05) is 66.4 Å². The zero-order valence-electron chi connectivity index (χ0n) is 18.3. The molecule has 1 aliphatic heterocycles. The zero-order valence-corrected chi connectivity index (χ0v) is 19.2. The fourth-order valence-corrected chi connectivity index (χ4v) is 5.02. The summed E-state index contributed by atoms with van der Waals surface area (Å²) in [7, 11) is 0. The van der Waals surface area contributed by atoms with Crippen LogP contribution in [0.4, 0.5) is 0 Å². The molecular formula is C24H28N4O4S. The van der Waals surface area contributed by atoms with Gasteiger partial charge >= 0.3 is 11.9 Å². The van der Waals surface area contributed by atoms with Crippen molar-refractivity contribution in [3.8, 4) is 0 Å². The van der Waals surface area contributed by atoms with Crippen LogP contribution in [0.15, 0.2) is 75.3 Å². The summed E-state index contributed by atoms with van der Waals surface area (Å²) < 4.78 is 0. The summed E-state index contributed by atoms with van der Waals surface area (Å²) in [5.41, 5.74) is 3.46. The SMILES string of the molecule is O=C(O)CCCC1(SC(Cc2ccccc2CCCCc2ccccc2)C(=O)O)N=NN=N1. The highest BCUT2D eigenvalue weighted by Crippen LogP contribution is 2.41. The number of aliphatic carboxylic acids is 2. The Labute approximate surface area is 197 Å². The lowest BCUT2D eigenvalue weighted by Gasteiger charge is -2.23. The van der Waals surface area contributed by atoms with E-state index >= 15 is 0 Å². The molecule has 2 aromatic carbocycles. The summed E-state index contributed by atoms with van der Waals surface area (Å²) in [4.78, 5) is 21.8. The Morgan fingerprint density at radius 1 is 0.848 bits per heavy atom. The second-order valence-electron chi connectivity index (χ2n) is 7.98. The minimum atomic E-state index is -1.18. The first kappa shape index (κ1) is 24.6. The number of hydrogen-bond donors (Lipinski definition) is 2. The van der Waals surface area contributed by atoms with Crippen LogP contribution in [0.2, 0.25) is 0 Å². The number of carboxylic acid groups (broad SMARTS) is 2. The van der Waals surface area contributed by atoms with Gasteiger partial charge in [0.25, 0.3) is 0 Å². The van der Waals surface area contributed by atoms with E-state index in [2.05, 4.69) is 38.9 Å². The molecule has 0 aromatic heterocycles. The fourth-order valence-electron chi connectivity index (χ4n) is 3.77. The number of benzene rings is 2. The largest absolute Gasteiger partial charge is 0.481 e. The number of aryl methyl sites for hydroxylation is 2. The van der Waals surface area contributed by atoms with Crippen molar-refractivity contribution >= 4 is 23.7 Å². The Morgan fingerprint density at radius 3 is 2.15 bits per heavy atom. The third-order valence-electron chi connectivity index (χ3n) is 5.47. The Hall–Kier alpha value is -3.07. The van der Waals surface area contributed by atoms with Crippen molar-refractivity contribution in [2.24, 2.45) is 20.7 Å². The van der Waals surface area contributed by atoms with E-state index in [0.717, 1.165) is 48.6 Å². The van der Waals surface area contributed by atoms with Gasteiger partial charge in [-0.15, -0.1) is 10.2 Å². The molecule has 0 spiro atoms. The number of rotatable bonds is 14. The summed E-state index contributed by atoms with van der Waals surface area (Å²) in [6.07, 6.45) is 4.82. The maximum absolute atomic E-state index is 12.1. The first-order valence-electron chi connectivity index (χ1n) is 11.0. The van der Waals surface area contributed by atoms with Gasteiger partial charge in [0.2, 0.25) is 4.99 Å². The van der Waals surface area contributed by atoms with E-state index < -0.39 is 22.2 Å². The maximum atomic E-state index is 12.1. The first-order chi connectivity index (χ1) is 16.0. The molecule has 2 N–H and O–H groups in total. The molecule has 33 heavy (non-hydrogen) atoms. The number of hydrogen-bond acceptors (Lipinski definition) is 7. The summed E-state index contributed by atoms with van der Waals surface area (Å²) in [5.74, 6) is -1.88. The third-order valence-corrected chi connectivity index (χ3v) is 6.87. The molecular weight excluding hydrogens is 440 g/mol. The highest BCUT2D eigenvalue weighted by atomic mass is 32.2. The molecule has 9 heteroatoms. The van der Waals surface area contributed by atoms with Crippen molar-refractivity contribution in [2.45, 2.75) is 61.6 Å². The van der Waals surface area contributed by atoms with Crippen LogP contribution in [0, 0.1) is 0 Å². The van der Waals surface area contributed by atoms with E-state index in [9.17, 15) is 14.7 Å². The fraction of sp³-hybridized carbons (Fsp3) is 0.417. The molecule has 0 amide bonds. The molecule has 1 aliphatic rings. The molecule has 0 aliphatic carbocycles. The van der Waals surface area contributed by atoms with Crippen LogP contribution in [0.25, 0.3) is 0 Å². The Kier molecular flexibility index (Phi) is 9.12. The molecule has 8 nitrogen and oxygen atoms in total. The van der Waals surface area contributed by atoms with Crippen molar-refractivity contribution in [3.63, 3.8) is 0 Å². The molecule has 1 heterocycles. The predicted molar refractivity (Wildman–Crippen MR) is 126 cm³/mol. The highest BCUT2D eigenvalue weighted by molar-refractivity contribution is 8.01. The molecule has 0 saturated heterocycles. The number of unbranched alkanes of at least 4 members (excludes halogenated alkanes) is 1. The van der Waals surface area contributed by atoms with Gasteiger partial charge in [0.15, 0.2) is 0 Å². The molecule has 174 valence electrons. The zero-order chi connectivity index (χ0) is 23.5. The van der Waals surface area contributed by atoms with E-state index in [1.165, 1.54) is 5.56 Å². The average Bonchev–Trinajstić information content (AvgIpc) is 3.26. The lowest BCUT2D eigenvalue weighted by Crippen LogP contribution is -2.28. The van der Waals surface area contributed by atoms with E-state index in [-0.39, 0.29) is 12.8 Å². The van der Waals surface area contributed by atoms with Gasteiger partial charge in [0, 0.05) is 12.8 Å². The average molecular weight is 469 g/mol. The highest BCUT2D eigenvalue weighted by Gasteiger charge is 2.39. The summed E-state index contributed by atoms with van der Waals surface area (Å²) in [6, 6.07) is 18.3. The molecule has 0 saturated carbocycles. The number of nitrogens with zero attached hydrogens (tertiary/aromatic N) is 4. The number of thioether (sulfide) groups is 1. The first-order valence-corrected chi connectivity index (χ1v) is 11.9. The second kappa shape index (κ2) is 12.2. The van der Waals surface area contributed by atoms with Gasteiger partial charge in [-0.25, -0.2) is 0 Å². The van der Waals surface area contributed by atoms with Crippen LogP contribution in [-0.2, 0) is 28.9 Å². The normalized spacial score (nSPS) is 14.9. The molecule has 0 bridgehead atoms. The van der Waals surface area contributed by atoms with E-state index in [4.69, 9.17) is 5.11 Å². The van der Waals surface area contributed by atoms with Crippen molar-refractivity contribution in [2.75, 3.05) is 0 Å². The molecule has 2 aromatic rings. The van der Waals surface area contributed by atoms with Crippen LogP contribution in [-0.4, -0.2) is 32.4 Å². The van der Waals surface area contributed by atoms with Crippen LogP contribution < -0.4 is 0 Å². The smallest absolute Gasteiger partial charge is 0.317 e. The Morgan fingerprint density at radius 2 is 1.48 bits per heavy atom. The third kappa shape index (κ3) is 7.78. The Balaban J connectivity index is 1.62. The minimum absolute atomic E-state index is 0.0447. The second-order valence-corrected chi connectivity index (χ2v) is 9.44. The molecule has 3 rings (SSSR count). The monoisotopic (exact) mass is 468 g/mol. The van der Waals surface area contributed by atoms with Crippen molar-refractivity contribution in [3.05, 3.63) is 71.3 Å². The van der Waals surface area contributed by atoms with E-state index in [0.29, 0.717) is 12.8 Å². The predicted octanol–water partition coefficient (Wildman–Crippen LogP) is 5.72. The van der Waals surface area contributed by atoms with Crippen LogP contribution in [0.1, 0.15) is 48.8 Å². The Bertz CT molecular complexity index is 985. The lowest BCUT2D eigenvalue weighted by atomic mass is 9.97. The maximum Gasteiger partial charge on any atom is 0.317 e. The topological polar surface area (TPSA) is 124 Å². The quantitative estimate of drug-likeness (QED) is 0.343. The minimum Gasteiger partial charge on any atom is -0.481 e. The molecule has 0 fully saturated rings. The lowest BCUT2D eigenvalue weighted by molar-refractivity contribution is -0.137. The van der Waals surface area contributed by atoms with Crippen LogP contribution in [0.3, 0.4) is 0 Å². The number of carboxylic acids is 2. The van der Waals surface area contributed by atoms with Crippen molar-refractivity contribution in [1.29, 1.82) is 0 Å². The van der Waals surface area contributed by atoms with Gasteiger partial charge in [-0.2, -0.15) is 0 Å². The van der Waals surface area contributed by atoms with E-state index in [1.807, 2.05) is 36.4 Å². The molecule has 0 radical (unpaired) electrons. The number of carbonyl (C=O) groups is 2. The van der Waals surface area contributed by atoms with Crippen molar-refractivity contribution in [1.82, 2.24) is 0 Å². The van der Waals surface area contributed by atoms with Crippen LogP contribution in [0.5, 0.6) is 0 Å². The van der Waals surface area contributed by atoms with Gasteiger partial charge in [0.05, 0.1) is 0 Å². The van der Waals surface area contributed by atoms with Gasteiger partial charge in [-0.05, 0) is 65.7 Å². The molecule has 1 unspecified atom stereocenters. The van der Waals surface area contributed by atoms with Gasteiger partial charge in [-0.3, -0.25) is 9.59 Å². The van der Waals surface area contributed by atoms with Gasteiger partial charge in [0.1, 0.15) is 5.25 Å². The van der Waals surface area contributed by atoms with E-state index in [1.54, 1.807) is 0 Å². The summed E-state index contributed by atoms with van der Waals surface area (Å²) in [5, 5.41) is 33.2. The molecule has 1 atom stereocenters. The summed E-state index contributed by atoms with van der Waals surface area (Å²) >= 11 is 1.08. The summed E-state index contributed by atoms with van der Waals surface area (Å²) in [6.45, 7) is 0. The van der Waals surface area contributed by atoms with Crippen molar-refractivity contribution < 1.29 is 19.8 Å². The van der Waals surface area contributed by atoms with Gasteiger partial charge < -0.3 is 10.2 Å². The standard InChI is InChI=1S/C24H28N4O4S/c29-22(30)15-8-16-24(25-27-28-26-24)33-21(23(31)32)17-20-14-7-6-13-19(20)12-5-4-11-18-9-2-1-3-10-18/h1-3,6-7,9-10,13-14,21H,4-5,8,11-12,15-17H2,(H,29,30)(H,31,32). The van der Waals surface area contributed by atoms with Crippen LogP contribution >= 0.6 is 11.8 Å².